The molecule has 0 amide bonds. The van der Waals surface area contributed by atoms with Crippen molar-refractivity contribution in [3.05, 3.63) is 49.1 Å². The number of rotatable bonds is 2. The highest BCUT2D eigenvalue weighted by molar-refractivity contribution is 9.10. The van der Waals surface area contributed by atoms with E-state index >= 15 is 0 Å². The lowest BCUT2D eigenvalue weighted by molar-refractivity contribution is -0.422. The van der Waals surface area contributed by atoms with E-state index in [0.29, 0.717) is 10.6 Å². The molecule has 0 fully saturated rings. The minimum Gasteiger partial charge on any atom is -0.259 e. The number of halogens is 2. The molecule has 0 bridgehead atoms. The Labute approximate surface area is 94.7 Å². The second-order valence-electron chi connectivity index (χ2n) is 2.71. The van der Waals surface area contributed by atoms with Crippen LogP contribution in [0, 0.1) is 10.1 Å². The van der Waals surface area contributed by atoms with Gasteiger partial charge in [-0.3, -0.25) is 10.1 Å². The summed E-state index contributed by atoms with van der Waals surface area (Å²) < 4.78 is 0.837. The maximum atomic E-state index is 10.4. The topological polar surface area (TPSA) is 43.1 Å². The van der Waals surface area contributed by atoms with Crippen LogP contribution in [-0.4, -0.2) is 4.92 Å². The van der Waals surface area contributed by atoms with Crippen LogP contribution in [-0.2, 0) is 0 Å². The summed E-state index contributed by atoms with van der Waals surface area (Å²) in [5.74, 6) is 0. The van der Waals surface area contributed by atoms with Crippen molar-refractivity contribution in [2.45, 2.75) is 6.92 Å². The molecule has 0 radical (unpaired) electrons. The van der Waals surface area contributed by atoms with E-state index in [2.05, 4.69) is 15.9 Å². The van der Waals surface area contributed by atoms with Gasteiger partial charge in [-0.15, -0.1) is 0 Å². The fourth-order valence-electron chi connectivity index (χ4n) is 0.903. The lowest BCUT2D eigenvalue weighted by Crippen LogP contribution is -1.93. The van der Waals surface area contributed by atoms with Crippen LogP contribution in [0.15, 0.2) is 28.4 Å². The second kappa shape index (κ2) is 4.57. The highest BCUT2D eigenvalue weighted by atomic mass is 79.9. The summed E-state index contributed by atoms with van der Waals surface area (Å²) in [4.78, 5) is 9.94. The number of nitro groups is 1. The van der Waals surface area contributed by atoms with Gasteiger partial charge in [0.1, 0.15) is 0 Å². The standard InChI is InChI=1S/C9H7BrClNO2/c1-6(12(13)14)4-7-5-8(10)2-3-9(7)11/h2-5H,1H3/b6-4+. The van der Waals surface area contributed by atoms with Gasteiger partial charge in [-0.05, 0) is 18.2 Å². The Morgan fingerprint density at radius 3 is 2.86 bits per heavy atom. The van der Waals surface area contributed by atoms with E-state index in [1.165, 1.54) is 13.0 Å². The van der Waals surface area contributed by atoms with Crippen LogP contribution in [0.5, 0.6) is 0 Å². The summed E-state index contributed by atoms with van der Waals surface area (Å²) in [6.45, 7) is 1.43. The summed E-state index contributed by atoms with van der Waals surface area (Å²) in [6.07, 6.45) is 1.44. The first-order chi connectivity index (χ1) is 6.50. The van der Waals surface area contributed by atoms with Gasteiger partial charge >= 0.3 is 0 Å². The molecule has 0 aliphatic heterocycles. The van der Waals surface area contributed by atoms with Gasteiger partial charge in [-0.25, -0.2) is 0 Å². The Balaban J connectivity index is 3.13. The smallest absolute Gasteiger partial charge is 0.243 e. The molecule has 0 heterocycles. The first kappa shape index (κ1) is 11.2. The molecular weight excluding hydrogens is 269 g/mol. The van der Waals surface area contributed by atoms with Crippen molar-refractivity contribution in [1.29, 1.82) is 0 Å². The van der Waals surface area contributed by atoms with Crippen molar-refractivity contribution in [1.82, 2.24) is 0 Å². The molecule has 0 unspecified atom stereocenters. The Kier molecular flexibility index (Phi) is 3.66. The SMILES string of the molecule is C/C(=C\c1cc(Br)ccc1Cl)[N+](=O)[O-]. The van der Waals surface area contributed by atoms with Gasteiger partial charge in [0, 0.05) is 28.1 Å². The molecular formula is C9H7BrClNO2. The summed E-state index contributed by atoms with van der Waals surface area (Å²) in [5, 5.41) is 10.9. The normalized spacial score (nSPS) is 11.5. The first-order valence-electron chi connectivity index (χ1n) is 3.78. The number of hydrogen-bond donors (Lipinski definition) is 0. The fraction of sp³-hybridized carbons (Fsp3) is 0.111. The second-order valence-corrected chi connectivity index (χ2v) is 4.03. The lowest BCUT2D eigenvalue weighted by Gasteiger charge is -1.98. The summed E-state index contributed by atoms with van der Waals surface area (Å²) >= 11 is 9.12. The van der Waals surface area contributed by atoms with Gasteiger partial charge in [0.05, 0.1) is 4.92 Å². The molecule has 0 aliphatic carbocycles. The van der Waals surface area contributed by atoms with Crippen LogP contribution >= 0.6 is 27.5 Å². The average Bonchev–Trinajstić information content (AvgIpc) is 2.11. The molecule has 0 spiro atoms. The van der Waals surface area contributed by atoms with Gasteiger partial charge in [0.25, 0.3) is 0 Å². The summed E-state index contributed by atoms with van der Waals surface area (Å²) in [5.41, 5.74) is 0.695. The van der Waals surface area contributed by atoms with E-state index in [0.717, 1.165) is 4.47 Å². The van der Waals surface area contributed by atoms with Crippen molar-refractivity contribution in [2.75, 3.05) is 0 Å². The fourth-order valence-corrected chi connectivity index (χ4v) is 1.45. The van der Waals surface area contributed by atoms with Gasteiger partial charge in [0.15, 0.2) is 0 Å². The van der Waals surface area contributed by atoms with E-state index in [-0.39, 0.29) is 5.70 Å². The molecule has 0 aromatic heterocycles. The largest absolute Gasteiger partial charge is 0.259 e. The zero-order valence-electron chi connectivity index (χ0n) is 7.33. The van der Waals surface area contributed by atoms with E-state index in [1.807, 2.05) is 0 Å². The molecule has 1 aromatic carbocycles. The number of hydrogen-bond acceptors (Lipinski definition) is 2. The highest BCUT2D eigenvalue weighted by Gasteiger charge is 2.05. The third-order valence-electron chi connectivity index (χ3n) is 1.61. The minimum atomic E-state index is -0.447. The molecule has 0 aliphatic rings. The van der Waals surface area contributed by atoms with E-state index in [9.17, 15) is 10.1 Å². The van der Waals surface area contributed by atoms with Gasteiger partial charge in [0.2, 0.25) is 5.70 Å². The summed E-state index contributed by atoms with van der Waals surface area (Å²) in [7, 11) is 0. The zero-order chi connectivity index (χ0) is 10.7. The Hall–Kier alpha value is -0.870. The average molecular weight is 277 g/mol. The van der Waals surface area contributed by atoms with Crippen LogP contribution in [0.3, 0.4) is 0 Å². The third-order valence-corrected chi connectivity index (χ3v) is 2.45. The molecule has 0 N–H and O–H groups in total. The number of nitrogens with zero attached hydrogens (tertiary/aromatic N) is 1. The maximum absolute atomic E-state index is 10.4. The highest BCUT2D eigenvalue weighted by Crippen LogP contribution is 2.23. The van der Waals surface area contributed by atoms with E-state index < -0.39 is 4.92 Å². The molecule has 74 valence electrons. The zero-order valence-corrected chi connectivity index (χ0v) is 9.67. The van der Waals surface area contributed by atoms with Crippen molar-refractivity contribution >= 4 is 33.6 Å². The monoisotopic (exact) mass is 275 g/mol. The first-order valence-corrected chi connectivity index (χ1v) is 4.95. The Bertz CT molecular complexity index is 404. The van der Waals surface area contributed by atoms with E-state index in [1.54, 1.807) is 18.2 Å². The summed E-state index contributed by atoms with van der Waals surface area (Å²) in [6, 6.07) is 5.20. The number of allylic oxidation sites excluding steroid dienone is 1. The molecule has 14 heavy (non-hydrogen) atoms. The van der Waals surface area contributed by atoms with Crippen LogP contribution in [0.2, 0.25) is 5.02 Å². The van der Waals surface area contributed by atoms with Crippen molar-refractivity contribution in [3.63, 3.8) is 0 Å². The third kappa shape index (κ3) is 2.82. The molecule has 3 nitrogen and oxygen atoms in total. The molecule has 0 atom stereocenters. The molecule has 1 rings (SSSR count). The quantitative estimate of drug-likeness (QED) is 0.610. The molecule has 0 saturated heterocycles. The van der Waals surface area contributed by atoms with Gasteiger partial charge in [-0.1, -0.05) is 27.5 Å². The predicted octanol–water partition coefficient (Wildman–Crippen LogP) is 3.74. The van der Waals surface area contributed by atoms with E-state index in [4.69, 9.17) is 11.6 Å². The molecule has 5 heteroatoms. The van der Waals surface area contributed by atoms with Crippen LogP contribution in [0.4, 0.5) is 0 Å². The van der Waals surface area contributed by atoms with Gasteiger partial charge in [-0.2, -0.15) is 0 Å². The van der Waals surface area contributed by atoms with Crippen LogP contribution < -0.4 is 0 Å². The lowest BCUT2D eigenvalue weighted by atomic mass is 10.2. The molecule has 1 aromatic rings. The van der Waals surface area contributed by atoms with Crippen molar-refractivity contribution in [2.24, 2.45) is 0 Å². The maximum Gasteiger partial charge on any atom is 0.243 e. The molecule has 0 saturated carbocycles. The van der Waals surface area contributed by atoms with Crippen LogP contribution in [0.1, 0.15) is 12.5 Å². The number of benzene rings is 1. The predicted molar refractivity (Wildman–Crippen MR) is 59.8 cm³/mol. The Morgan fingerprint density at radius 2 is 2.29 bits per heavy atom. The van der Waals surface area contributed by atoms with Crippen molar-refractivity contribution < 1.29 is 4.92 Å². The Morgan fingerprint density at radius 1 is 1.64 bits per heavy atom. The van der Waals surface area contributed by atoms with Gasteiger partial charge < -0.3 is 0 Å². The minimum absolute atomic E-state index is 0.0602. The van der Waals surface area contributed by atoms with Crippen LogP contribution in [0.25, 0.3) is 6.08 Å². The van der Waals surface area contributed by atoms with Crippen molar-refractivity contribution in [3.8, 4) is 0 Å².